The summed E-state index contributed by atoms with van der Waals surface area (Å²) in [6.07, 6.45) is 2.58. The van der Waals surface area contributed by atoms with Gasteiger partial charge < -0.3 is 14.6 Å². The van der Waals surface area contributed by atoms with Crippen LogP contribution >= 0.6 is 11.6 Å². The molecule has 0 radical (unpaired) electrons. The molecule has 8 nitrogen and oxygen atoms in total. The second-order valence-electron chi connectivity index (χ2n) is 6.08. The Hall–Kier alpha value is -3.78. The second-order valence-corrected chi connectivity index (χ2v) is 6.52. The van der Waals surface area contributed by atoms with Crippen molar-refractivity contribution in [1.82, 2.24) is 9.55 Å². The molecule has 0 spiro atoms. The van der Waals surface area contributed by atoms with E-state index in [1.165, 1.54) is 30.3 Å². The number of fused-ring (bicyclic) bond motifs is 1. The quantitative estimate of drug-likeness (QED) is 0.503. The van der Waals surface area contributed by atoms with Crippen LogP contribution in [0.25, 0.3) is 11.8 Å². The summed E-state index contributed by atoms with van der Waals surface area (Å²) in [6.45, 7) is 0.122. The molecule has 29 heavy (non-hydrogen) atoms. The minimum atomic E-state index is -0.988. The molecule has 0 atom stereocenters. The molecule has 2 aromatic carbocycles. The average molecular weight is 413 g/mol. The lowest BCUT2D eigenvalue weighted by molar-refractivity contribution is 0.104. The molecule has 2 N–H and O–H groups in total. The van der Waals surface area contributed by atoms with Crippen LogP contribution < -0.4 is 20.7 Å². The molecule has 9 heteroatoms. The smallest absolute Gasteiger partial charge is 0.335 e. The van der Waals surface area contributed by atoms with Crippen molar-refractivity contribution < 1.29 is 19.4 Å². The van der Waals surface area contributed by atoms with E-state index < -0.39 is 28.5 Å². The molecule has 0 aliphatic carbocycles. The Kier molecular flexibility index (Phi) is 4.69. The van der Waals surface area contributed by atoms with E-state index in [9.17, 15) is 19.5 Å². The number of nitrogens with one attached hydrogen (secondary N) is 1. The summed E-state index contributed by atoms with van der Waals surface area (Å²) < 4.78 is 11.3. The zero-order valence-corrected chi connectivity index (χ0v) is 15.5. The van der Waals surface area contributed by atoms with Crippen molar-refractivity contribution in [3.05, 3.63) is 85.5 Å². The van der Waals surface area contributed by atoms with Crippen LogP contribution in [0.5, 0.6) is 17.4 Å². The standard InChI is InChI=1S/C20H13ClN2O6/c21-12-3-5-13(6-4-12)23-19(26)17(18(25)22-20(23)27)14(24)7-1-11-2-8-15-16(9-11)29-10-28-15/h1-9,26H,10H2,(H,22,25,27). The topological polar surface area (TPSA) is 111 Å². The summed E-state index contributed by atoms with van der Waals surface area (Å²) >= 11 is 5.83. The first kappa shape index (κ1) is 18.6. The van der Waals surface area contributed by atoms with E-state index in [0.29, 0.717) is 22.1 Å². The number of hydrogen-bond donors (Lipinski definition) is 2. The van der Waals surface area contributed by atoms with E-state index in [1.54, 1.807) is 18.2 Å². The molecular weight excluding hydrogens is 400 g/mol. The largest absolute Gasteiger partial charge is 0.493 e. The Morgan fingerprint density at radius 3 is 2.59 bits per heavy atom. The lowest BCUT2D eigenvalue weighted by Gasteiger charge is -2.10. The van der Waals surface area contributed by atoms with Gasteiger partial charge in [0.25, 0.3) is 5.56 Å². The second kappa shape index (κ2) is 7.33. The number of halogens is 1. The van der Waals surface area contributed by atoms with E-state index in [4.69, 9.17) is 21.1 Å². The molecule has 1 aliphatic rings. The number of nitrogens with zero attached hydrogens (tertiary/aromatic N) is 1. The van der Waals surface area contributed by atoms with Gasteiger partial charge in [-0.05, 0) is 48.0 Å². The summed E-state index contributed by atoms with van der Waals surface area (Å²) in [6, 6.07) is 11.0. The SMILES string of the molecule is O=C(C=Cc1ccc2c(c1)OCO2)c1c(O)n(-c2ccc(Cl)cc2)c(=O)[nH]c1=O. The number of carbonyl (C=O) groups is 1. The van der Waals surface area contributed by atoms with Gasteiger partial charge in [-0.25, -0.2) is 9.36 Å². The Labute approximate surface area is 168 Å². The summed E-state index contributed by atoms with van der Waals surface area (Å²) in [5.74, 6) is -0.403. The molecule has 3 aromatic rings. The molecule has 2 heterocycles. The van der Waals surface area contributed by atoms with Gasteiger partial charge >= 0.3 is 5.69 Å². The van der Waals surface area contributed by atoms with Gasteiger partial charge in [-0.3, -0.25) is 14.6 Å². The van der Waals surface area contributed by atoms with Crippen LogP contribution in [0.1, 0.15) is 15.9 Å². The van der Waals surface area contributed by atoms with Crippen molar-refractivity contribution in [1.29, 1.82) is 0 Å². The molecule has 1 aliphatic heterocycles. The van der Waals surface area contributed by atoms with Gasteiger partial charge in [-0.1, -0.05) is 23.7 Å². The van der Waals surface area contributed by atoms with Crippen molar-refractivity contribution >= 4 is 23.5 Å². The van der Waals surface area contributed by atoms with Gasteiger partial charge in [0.1, 0.15) is 5.56 Å². The van der Waals surface area contributed by atoms with Crippen LogP contribution in [0.2, 0.25) is 5.02 Å². The zero-order valence-electron chi connectivity index (χ0n) is 14.7. The number of allylic oxidation sites excluding steroid dienone is 1. The maximum absolute atomic E-state index is 12.6. The Bertz CT molecular complexity index is 1260. The number of H-pyrrole nitrogens is 1. The van der Waals surface area contributed by atoms with Crippen LogP contribution in [0.3, 0.4) is 0 Å². The van der Waals surface area contributed by atoms with Gasteiger partial charge in [0, 0.05) is 5.02 Å². The molecule has 0 amide bonds. The highest BCUT2D eigenvalue weighted by molar-refractivity contribution is 6.30. The molecule has 0 unspecified atom stereocenters. The molecule has 0 saturated heterocycles. The Morgan fingerprint density at radius 1 is 1.10 bits per heavy atom. The summed E-state index contributed by atoms with van der Waals surface area (Å²) in [4.78, 5) is 39.0. The number of aromatic amines is 1. The van der Waals surface area contributed by atoms with Crippen molar-refractivity contribution in [2.75, 3.05) is 6.79 Å². The lowest BCUT2D eigenvalue weighted by atomic mass is 10.1. The van der Waals surface area contributed by atoms with E-state index >= 15 is 0 Å². The number of ketones is 1. The van der Waals surface area contributed by atoms with E-state index in [1.807, 2.05) is 4.98 Å². The van der Waals surface area contributed by atoms with Crippen LogP contribution in [0.4, 0.5) is 0 Å². The monoisotopic (exact) mass is 412 g/mol. The van der Waals surface area contributed by atoms with Crippen molar-refractivity contribution in [2.45, 2.75) is 0 Å². The van der Waals surface area contributed by atoms with Crippen LogP contribution in [0, 0.1) is 0 Å². The molecule has 1 aromatic heterocycles. The van der Waals surface area contributed by atoms with Gasteiger partial charge in [-0.2, -0.15) is 0 Å². The summed E-state index contributed by atoms with van der Waals surface area (Å²) in [7, 11) is 0. The number of ether oxygens (including phenoxy) is 2. The average Bonchev–Trinajstić information content (AvgIpc) is 3.15. The third-order valence-corrected chi connectivity index (χ3v) is 4.49. The molecule has 146 valence electrons. The highest BCUT2D eigenvalue weighted by atomic mass is 35.5. The molecule has 0 saturated carbocycles. The summed E-state index contributed by atoms with van der Waals surface area (Å²) in [5, 5.41) is 10.9. The van der Waals surface area contributed by atoms with Gasteiger partial charge in [0.2, 0.25) is 12.7 Å². The molecule has 0 bridgehead atoms. The number of benzene rings is 2. The number of aromatic hydroxyl groups is 1. The lowest BCUT2D eigenvalue weighted by Crippen LogP contribution is -2.32. The van der Waals surface area contributed by atoms with Crippen molar-refractivity contribution in [3.63, 3.8) is 0 Å². The predicted octanol–water partition coefficient (Wildman–Crippen LogP) is 2.51. The normalized spacial score (nSPS) is 12.4. The van der Waals surface area contributed by atoms with Crippen LogP contribution in [-0.2, 0) is 0 Å². The summed E-state index contributed by atoms with van der Waals surface area (Å²) in [5.41, 5.74) is -1.56. The number of rotatable bonds is 4. The predicted molar refractivity (Wildman–Crippen MR) is 105 cm³/mol. The van der Waals surface area contributed by atoms with Crippen molar-refractivity contribution in [3.8, 4) is 23.1 Å². The number of carbonyl (C=O) groups excluding carboxylic acids is 1. The van der Waals surface area contributed by atoms with Gasteiger partial charge in [-0.15, -0.1) is 0 Å². The highest BCUT2D eigenvalue weighted by Crippen LogP contribution is 2.32. The van der Waals surface area contributed by atoms with E-state index in [2.05, 4.69) is 0 Å². The molecule has 0 fully saturated rings. The number of aromatic nitrogens is 2. The Morgan fingerprint density at radius 2 is 1.83 bits per heavy atom. The van der Waals surface area contributed by atoms with Crippen LogP contribution in [0.15, 0.2) is 58.1 Å². The molecular formula is C20H13ClN2O6. The fourth-order valence-corrected chi connectivity index (χ4v) is 2.97. The third kappa shape index (κ3) is 3.53. The first-order chi connectivity index (χ1) is 13.9. The Balaban J connectivity index is 1.71. The number of hydrogen-bond acceptors (Lipinski definition) is 6. The van der Waals surface area contributed by atoms with Gasteiger partial charge in [0.05, 0.1) is 5.69 Å². The first-order valence-corrected chi connectivity index (χ1v) is 8.78. The maximum Gasteiger partial charge on any atom is 0.335 e. The van der Waals surface area contributed by atoms with E-state index in [0.717, 1.165) is 10.6 Å². The third-order valence-electron chi connectivity index (χ3n) is 4.24. The minimum absolute atomic E-state index is 0.122. The van der Waals surface area contributed by atoms with Crippen molar-refractivity contribution in [2.24, 2.45) is 0 Å². The minimum Gasteiger partial charge on any atom is -0.493 e. The fourth-order valence-electron chi connectivity index (χ4n) is 2.85. The zero-order chi connectivity index (χ0) is 20.5. The van der Waals surface area contributed by atoms with Crippen LogP contribution in [-0.4, -0.2) is 27.2 Å². The van der Waals surface area contributed by atoms with E-state index in [-0.39, 0.29) is 12.5 Å². The fraction of sp³-hybridized carbons (Fsp3) is 0.0500. The van der Waals surface area contributed by atoms with Gasteiger partial charge in [0.15, 0.2) is 17.3 Å². The first-order valence-electron chi connectivity index (χ1n) is 8.40. The highest BCUT2D eigenvalue weighted by Gasteiger charge is 2.20. The maximum atomic E-state index is 12.6. The molecule has 4 rings (SSSR count).